The minimum Gasteiger partial charge on any atom is -0.350 e. The third-order valence-corrected chi connectivity index (χ3v) is 5.31. The standard InChI is InChI=1S/C21H22ClN5O/c22-18-7-5-15(6-8-18)19-17(14-25-26-19)13-24-21(28)20(27-10-1-2-11-27)16-4-3-9-23-12-16/h3-9,12,14,20H,1-2,10-11,13H2,(H,24,28)(H,25,26). The first-order valence-corrected chi connectivity index (χ1v) is 9.80. The van der Waals surface area contributed by atoms with E-state index in [0.29, 0.717) is 11.6 Å². The quantitative estimate of drug-likeness (QED) is 0.669. The Labute approximate surface area is 168 Å². The first kappa shape index (κ1) is 18.7. The van der Waals surface area contributed by atoms with Gasteiger partial charge in [0.1, 0.15) is 6.04 Å². The van der Waals surface area contributed by atoms with Gasteiger partial charge in [0.05, 0.1) is 11.9 Å². The van der Waals surface area contributed by atoms with Crippen LogP contribution in [0.5, 0.6) is 0 Å². The Hall–Kier alpha value is -2.70. The van der Waals surface area contributed by atoms with Crippen molar-refractivity contribution >= 4 is 17.5 Å². The van der Waals surface area contributed by atoms with Crippen molar-refractivity contribution in [2.45, 2.75) is 25.4 Å². The second kappa shape index (κ2) is 8.54. The van der Waals surface area contributed by atoms with Crippen molar-refractivity contribution in [1.82, 2.24) is 25.4 Å². The Morgan fingerprint density at radius 3 is 2.68 bits per heavy atom. The maximum Gasteiger partial charge on any atom is 0.242 e. The molecule has 144 valence electrons. The molecule has 0 radical (unpaired) electrons. The van der Waals surface area contributed by atoms with Crippen LogP contribution >= 0.6 is 11.6 Å². The molecule has 4 rings (SSSR count). The second-order valence-electron chi connectivity index (χ2n) is 6.93. The highest BCUT2D eigenvalue weighted by molar-refractivity contribution is 6.30. The minimum absolute atomic E-state index is 0.0156. The van der Waals surface area contributed by atoms with Gasteiger partial charge in [-0.15, -0.1) is 0 Å². The number of carbonyl (C=O) groups excluding carboxylic acids is 1. The number of amides is 1. The lowest BCUT2D eigenvalue weighted by Crippen LogP contribution is -2.39. The maximum atomic E-state index is 13.1. The fourth-order valence-electron chi connectivity index (χ4n) is 3.66. The van der Waals surface area contributed by atoms with Gasteiger partial charge in [-0.2, -0.15) is 5.10 Å². The van der Waals surface area contributed by atoms with Gasteiger partial charge in [-0.05, 0) is 55.3 Å². The molecule has 0 aliphatic carbocycles. The van der Waals surface area contributed by atoms with Crippen LogP contribution in [0.25, 0.3) is 11.3 Å². The molecule has 1 amide bonds. The van der Waals surface area contributed by atoms with E-state index in [1.54, 1.807) is 18.6 Å². The molecule has 2 aromatic heterocycles. The number of halogens is 1. The third-order valence-electron chi connectivity index (χ3n) is 5.06. The van der Waals surface area contributed by atoms with Gasteiger partial charge in [-0.25, -0.2) is 0 Å². The molecule has 7 heteroatoms. The van der Waals surface area contributed by atoms with Crippen molar-refractivity contribution in [3.05, 3.63) is 71.1 Å². The Morgan fingerprint density at radius 1 is 1.18 bits per heavy atom. The van der Waals surface area contributed by atoms with Crippen molar-refractivity contribution in [2.75, 3.05) is 13.1 Å². The Kier molecular flexibility index (Phi) is 5.69. The number of nitrogens with zero attached hydrogens (tertiary/aromatic N) is 3. The van der Waals surface area contributed by atoms with Gasteiger partial charge < -0.3 is 5.32 Å². The molecule has 3 heterocycles. The molecule has 3 aromatic rings. The van der Waals surface area contributed by atoms with Gasteiger partial charge >= 0.3 is 0 Å². The molecule has 28 heavy (non-hydrogen) atoms. The predicted molar refractivity (Wildman–Crippen MR) is 109 cm³/mol. The number of likely N-dealkylation sites (tertiary alicyclic amines) is 1. The number of pyridine rings is 1. The summed E-state index contributed by atoms with van der Waals surface area (Å²) >= 11 is 5.98. The van der Waals surface area contributed by atoms with Crippen LogP contribution < -0.4 is 5.32 Å². The molecule has 1 unspecified atom stereocenters. The topological polar surface area (TPSA) is 73.9 Å². The number of hydrogen-bond acceptors (Lipinski definition) is 4. The SMILES string of the molecule is O=C(NCc1cn[nH]c1-c1ccc(Cl)cc1)C(c1cccnc1)N1CCCC1. The Bertz CT molecular complexity index is 919. The smallest absolute Gasteiger partial charge is 0.242 e. The number of rotatable bonds is 6. The lowest BCUT2D eigenvalue weighted by molar-refractivity contribution is -0.126. The van der Waals surface area contributed by atoms with Gasteiger partial charge in [0, 0.05) is 29.5 Å². The van der Waals surface area contributed by atoms with Crippen LogP contribution in [-0.2, 0) is 11.3 Å². The van der Waals surface area contributed by atoms with Crippen molar-refractivity contribution < 1.29 is 4.79 Å². The molecular weight excluding hydrogens is 374 g/mol. The number of nitrogens with one attached hydrogen (secondary N) is 2. The summed E-state index contributed by atoms with van der Waals surface area (Å²) in [6.07, 6.45) is 7.49. The van der Waals surface area contributed by atoms with Crippen LogP contribution in [0.3, 0.4) is 0 Å². The summed E-state index contributed by atoms with van der Waals surface area (Å²) in [5.41, 5.74) is 3.72. The highest BCUT2D eigenvalue weighted by atomic mass is 35.5. The van der Waals surface area contributed by atoms with Crippen LogP contribution in [0.4, 0.5) is 0 Å². The first-order chi connectivity index (χ1) is 13.7. The number of H-pyrrole nitrogens is 1. The van der Waals surface area contributed by atoms with Crippen molar-refractivity contribution in [3.63, 3.8) is 0 Å². The normalized spacial score (nSPS) is 15.5. The molecule has 2 N–H and O–H groups in total. The molecule has 0 saturated carbocycles. The minimum atomic E-state index is -0.318. The zero-order valence-electron chi connectivity index (χ0n) is 15.4. The average Bonchev–Trinajstić information content (AvgIpc) is 3.40. The van der Waals surface area contributed by atoms with Gasteiger partial charge in [0.2, 0.25) is 5.91 Å². The zero-order valence-corrected chi connectivity index (χ0v) is 16.2. The number of aromatic nitrogens is 3. The summed E-state index contributed by atoms with van der Waals surface area (Å²) < 4.78 is 0. The van der Waals surface area contributed by atoms with E-state index in [9.17, 15) is 4.79 Å². The zero-order chi connectivity index (χ0) is 19.3. The molecule has 0 bridgehead atoms. The molecule has 1 saturated heterocycles. The molecule has 1 fully saturated rings. The van der Waals surface area contributed by atoms with E-state index >= 15 is 0 Å². The molecular formula is C21H22ClN5O. The fraction of sp³-hybridized carbons (Fsp3) is 0.286. The van der Waals surface area contributed by atoms with E-state index in [-0.39, 0.29) is 11.9 Å². The van der Waals surface area contributed by atoms with Crippen LogP contribution in [0, 0.1) is 0 Å². The number of carbonyl (C=O) groups is 1. The predicted octanol–water partition coefficient (Wildman–Crippen LogP) is 3.58. The molecule has 1 aliphatic heterocycles. The number of aromatic amines is 1. The Balaban J connectivity index is 1.50. The van der Waals surface area contributed by atoms with Crippen LogP contribution in [0.2, 0.25) is 5.02 Å². The van der Waals surface area contributed by atoms with Crippen LogP contribution in [0.1, 0.15) is 30.0 Å². The summed E-state index contributed by atoms with van der Waals surface area (Å²) in [5.74, 6) is -0.0156. The van der Waals surface area contributed by atoms with Gasteiger partial charge in [0.25, 0.3) is 0 Å². The molecule has 1 aromatic carbocycles. The van der Waals surface area contributed by atoms with E-state index in [1.807, 2.05) is 36.4 Å². The van der Waals surface area contributed by atoms with E-state index < -0.39 is 0 Å². The van der Waals surface area contributed by atoms with Gasteiger partial charge in [-0.1, -0.05) is 29.8 Å². The third kappa shape index (κ3) is 4.08. The van der Waals surface area contributed by atoms with Crippen molar-refractivity contribution in [3.8, 4) is 11.3 Å². The Morgan fingerprint density at radius 2 is 1.96 bits per heavy atom. The van der Waals surface area contributed by atoms with E-state index in [0.717, 1.165) is 48.3 Å². The maximum absolute atomic E-state index is 13.1. The number of benzene rings is 1. The van der Waals surface area contributed by atoms with Crippen LogP contribution in [-0.4, -0.2) is 39.1 Å². The summed E-state index contributed by atoms with van der Waals surface area (Å²) in [4.78, 5) is 19.5. The second-order valence-corrected chi connectivity index (χ2v) is 7.36. The summed E-state index contributed by atoms with van der Waals surface area (Å²) in [6.45, 7) is 2.25. The number of hydrogen-bond donors (Lipinski definition) is 2. The van der Waals surface area contributed by atoms with Crippen molar-refractivity contribution in [1.29, 1.82) is 0 Å². The van der Waals surface area contributed by atoms with E-state index in [1.165, 1.54) is 0 Å². The van der Waals surface area contributed by atoms with Crippen LogP contribution in [0.15, 0.2) is 55.0 Å². The fourth-order valence-corrected chi connectivity index (χ4v) is 3.78. The van der Waals surface area contributed by atoms with E-state index in [4.69, 9.17) is 11.6 Å². The molecule has 1 atom stereocenters. The molecule has 6 nitrogen and oxygen atoms in total. The lowest BCUT2D eigenvalue weighted by atomic mass is 10.1. The highest BCUT2D eigenvalue weighted by Gasteiger charge is 2.29. The van der Waals surface area contributed by atoms with Crippen molar-refractivity contribution in [2.24, 2.45) is 0 Å². The summed E-state index contributed by atoms with van der Waals surface area (Å²) in [7, 11) is 0. The van der Waals surface area contributed by atoms with Gasteiger partial charge in [-0.3, -0.25) is 19.8 Å². The monoisotopic (exact) mass is 395 g/mol. The summed E-state index contributed by atoms with van der Waals surface area (Å²) in [6, 6.07) is 11.1. The van der Waals surface area contributed by atoms with Gasteiger partial charge in [0.15, 0.2) is 0 Å². The highest BCUT2D eigenvalue weighted by Crippen LogP contribution is 2.26. The molecule has 0 spiro atoms. The largest absolute Gasteiger partial charge is 0.350 e. The molecule has 1 aliphatic rings. The first-order valence-electron chi connectivity index (χ1n) is 9.42. The lowest BCUT2D eigenvalue weighted by Gasteiger charge is -2.26. The average molecular weight is 396 g/mol. The van der Waals surface area contributed by atoms with E-state index in [2.05, 4.69) is 25.4 Å². The summed E-state index contributed by atoms with van der Waals surface area (Å²) in [5, 5.41) is 10.9.